The zero-order chi connectivity index (χ0) is 42.8. The first-order valence-electron chi connectivity index (χ1n) is 23.0. The van der Waals surface area contributed by atoms with E-state index in [1.54, 1.807) is 0 Å². The normalized spacial score (nSPS) is 14.1. The van der Waals surface area contributed by atoms with Crippen LogP contribution in [0.3, 0.4) is 0 Å². The summed E-state index contributed by atoms with van der Waals surface area (Å²) in [5.41, 5.74) is 0. The Balaban J connectivity index is 4.44. The van der Waals surface area contributed by atoms with Gasteiger partial charge in [0, 0.05) is 12.8 Å². The molecule has 0 aliphatic heterocycles. The summed E-state index contributed by atoms with van der Waals surface area (Å²) >= 11 is 0. The summed E-state index contributed by atoms with van der Waals surface area (Å²) in [6, 6.07) is 0. The van der Waals surface area contributed by atoms with Crippen molar-refractivity contribution in [1.29, 1.82) is 0 Å². The quantitative estimate of drug-likeness (QED) is 0.0213. The number of unbranched alkanes of at least 4 members (excludes halogenated alkanes) is 17. The van der Waals surface area contributed by atoms with Crippen molar-refractivity contribution in [2.24, 2.45) is 0 Å². The van der Waals surface area contributed by atoms with Crippen molar-refractivity contribution in [3.8, 4) is 0 Å². The van der Waals surface area contributed by atoms with Gasteiger partial charge in [-0.15, -0.1) is 0 Å². The molecule has 0 heterocycles. The number of nitrogens with zero attached hydrogens (tertiary/aromatic N) is 1. The van der Waals surface area contributed by atoms with Gasteiger partial charge < -0.3 is 18.9 Å². The zero-order valence-corrected chi connectivity index (χ0v) is 38.7. The maximum absolute atomic E-state index is 12.7. The molecule has 1 unspecified atom stereocenters. The lowest BCUT2D eigenvalue weighted by Crippen LogP contribution is -2.37. The van der Waals surface area contributed by atoms with Crippen LogP contribution in [0.4, 0.5) is 0 Å². The number of carbonyl (C=O) groups is 2. The average Bonchev–Trinajstić information content (AvgIpc) is 3.17. The molecular formula is C48H87NO8P+. The first-order chi connectivity index (χ1) is 28.0. The predicted octanol–water partition coefficient (Wildman–Crippen LogP) is 13.2. The Morgan fingerprint density at radius 1 is 0.534 bits per heavy atom. The number of carbonyl (C=O) groups excluding carboxylic acids is 2. The van der Waals surface area contributed by atoms with E-state index in [-0.39, 0.29) is 26.1 Å². The van der Waals surface area contributed by atoms with Crippen LogP contribution >= 0.6 is 7.82 Å². The van der Waals surface area contributed by atoms with E-state index in [9.17, 15) is 19.0 Å². The Morgan fingerprint density at radius 3 is 1.48 bits per heavy atom. The van der Waals surface area contributed by atoms with E-state index in [1.165, 1.54) is 89.9 Å². The monoisotopic (exact) mass is 837 g/mol. The summed E-state index contributed by atoms with van der Waals surface area (Å²) in [6.07, 6.45) is 48.4. The maximum atomic E-state index is 12.7. The van der Waals surface area contributed by atoms with E-state index >= 15 is 0 Å². The van der Waals surface area contributed by atoms with Gasteiger partial charge in [0.1, 0.15) is 19.8 Å². The highest BCUT2D eigenvalue weighted by atomic mass is 31.2. The first-order valence-corrected chi connectivity index (χ1v) is 24.5. The van der Waals surface area contributed by atoms with Gasteiger partial charge in [-0.1, -0.05) is 152 Å². The molecule has 0 spiro atoms. The highest BCUT2D eigenvalue weighted by molar-refractivity contribution is 7.47. The fourth-order valence-corrected chi connectivity index (χ4v) is 6.62. The van der Waals surface area contributed by atoms with Gasteiger partial charge in [0.15, 0.2) is 6.10 Å². The summed E-state index contributed by atoms with van der Waals surface area (Å²) in [7, 11) is 1.44. The molecule has 0 rings (SSSR count). The molecule has 0 aliphatic rings. The third-order valence-corrected chi connectivity index (χ3v) is 10.5. The molecule has 10 heteroatoms. The van der Waals surface area contributed by atoms with Gasteiger partial charge in [0.2, 0.25) is 0 Å². The van der Waals surface area contributed by atoms with Gasteiger partial charge in [0.05, 0.1) is 27.7 Å². The Hall–Kier alpha value is -2.29. The lowest BCUT2D eigenvalue weighted by atomic mass is 10.1. The molecule has 0 bridgehead atoms. The molecule has 0 saturated carbocycles. The van der Waals surface area contributed by atoms with Crippen molar-refractivity contribution >= 4 is 19.8 Å². The lowest BCUT2D eigenvalue weighted by Gasteiger charge is -2.24. The smallest absolute Gasteiger partial charge is 0.462 e. The number of hydrogen-bond donors (Lipinski definition) is 1. The van der Waals surface area contributed by atoms with Gasteiger partial charge in [0.25, 0.3) is 0 Å². The van der Waals surface area contributed by atoms with Crippen molar-refractivity contribution < 1.29 is 42.1 Å². The molecular weight excluding hydrogens is 750 g/mol. The second-order valence-electron chi connectivity index (χ2n) is 16.4. The Bertz CT molecular complexity index is 1170. The number of ether oxygens (including phenoxy) is 2. The van der Waals surface area contributed by atoms with E-state index in [2.05, 4.69) is 74.6 Å². The van der Waals surface area contributed by atoms with Gasteiger partial charge in [-0.2, -0.15) is 0 Å². The number of hydrogen-bond acceptors (Lipinski definition) is 7. The summed E-state index contributed by atoms with van der Waals surface area (Å²) in [6.45, 7) is 4.32. The standard InChI is InChI=1S/C48H86NO8P/c1-6-8-10-12-14-16-18-20-22-24-26-28-30-32-34-36-38-40-47(50)54-44-46(45-56-58(52,53)55-43-42-49(3,4)5)57-48(51)41-39-37-35-33-31-29-27-25-23-21-19-17-15-13-11-9-7-2/h14,16,20-23,26,28,32,34,46H,6-13,15,17-19,24-25,27,29-31,33,35-45H2,1-5H3/p+1/b16-14-,22-20-,23-21-,28-26-,34-32-/t46-/m1/s1. The fraction of sp³-hybridized carbons (Fsp3) is 0.750. The van der Waals surface area contributed by atoms with E-state index in [0.717, 1.165) is 51.4 Å². The highest BCUT2D eigenvalue weighted by Gasteiger charge is 2.27. The number of phosphoric ester groups is 1. The number of rotatable bonds is 41. The van der Waals surface area contributed by atoms with Crippen LogP contribution in [0.25, 0.3) is 0 Å². The molecule has 0 radical (unpaired) electrons. The molecule has 0 aromatic heterocycles. The van der Waals surface area contributed by atoms with Crippen LogP contribution in [-0.4, -0.2) is 74.9 Å². The Morgan fingerprint density at radius 2 is 0.948 bits per heavy atom. The SMILES string of the molecule is CCCCC/C=C\C/C=C\C/C=C\C/C=C\CCCC(=O)OC[C@H](COP(=O)(O)OCC[N+](C)(C)C)OC(=O)CCCCCCCCC/C=C\CCCCCCCC. The Kier molecular flexibility index (Phi) is 38.5. The number of likely N-dealkylation sites (N-methyl/N-ethyl adjacent to an activating group) is 1. The zero-order valence-electron chi connectivity index (χ0n) is 37.8. The van der Waals surface area contributed by atoms with Crippen molar-refractivity contribution in [2.45, 2.75) is 187 Å². The molecule has 0 amide bonds. The number of quaternary nitrogens is 1. The lowest BCUT2D eigenvalue weighted by molar-refractivity contribution is -0.870. The maximum Gasteiger partial charge on any atom is 0.472 e. The van der Waals surface area contributed by atoms with E-state index in [0.29, 0.717) is 23.9 Å². The fourth-order valence-electron chi connectivity index (χ4n) is 5.88. The summed E-state index contributed by atoms with van der Waals surface area (Å²) in [5.74, 6) is -0.871. The summed E-state index contributed by atoms with van der Waals surface area (Å²) in [4.78, 5) is 35.4. The molecule has 0 aromatic rings. The second kappa shape index (κ2) is 40.1. The third kappa shape index (κ3) is 43.3. The molecule has 0 aliphatic carbocycles. The Labute approximate surface area is 356 Å². The predicted molar refractivity (Wildman–Crippen MR) is 243 cm³/mol. The minimum atomic E-state index is -4.39. The average molecular weight is 837 g/mol. The first kappa shape index (κ1) is 55.7. The van der Waals surface area contributed by atoms with Gasteiger partial charge >= 0.3 is 19.8 Å². The third-order valence-electron chi connectivity index (χ3n) is 9.52. The second-order valence-corrected chi connectivity index (χ2v) is 17.9. The topological polar surface area (TPSA) is 108 Å². The molecule has 2 atom stereocenters. The van der Waals surface area contributed by atoms with E-state index < -0.39 is 32.5 Å². The summed E-state index contributed by atoms with van der Waals surface area (Å²) in [5, 5.41) is 0. The molecule has 0 saturated heterocycles. The minimum Gasteiger partial charge on any atom is -0.462 e. The van der Waals surface area contributed by atoms with Crippen molar-refractivity contribution in [2.75, 3.05) is 47.5 Å². The van der Waals surface area contributed by atoms with Crippen LogP contribution in [-0.2, 0) is 32.7 Å². The van der Waals surface area contributed by atoms with Gasteiger partial charge in [-0.25, -0.2) is 4.57 Å². The largest absolute Gasteiger partial charge is 0.472 e. The van der Waals surface area contributed by atoms with Crippen LogP contribution in [0, 0.1) is 0 Å². The van der Waals surface area contributed by atoms with Crippen LogP contribution in [0.1, 0.15) is 181 Å². The van der Waals surface area contributed by atoms with Crippen LogP contribution in [0.2, 0.25) is 0 Å². The van der Waals surface area contributed by atoms with Crippen LogP contribution in [0.5, 0.6) is 0 Å². The van der Waals surface area contributed by atoms with Crippen molar-refractivity contribution in [1.82, 2.24) is 0 Å². The molecule has 9 nitrogen and oxygen atoms in total. The van der Waals surface area contributed by atoms with Gasteiger partial charge in [-0.3, -0.25) is 18.6 Å². The molecule has 58 heavy (non-hydrogen) atoms. The minimum absolute atomic E-state index is 0.0204. The van der Waals surface area contributed by atoms with Crippen molar-refractivity contribution in [3.63, 3.8) is 0 Å². The molecule has 0 aromatic carbocycles. The van der Waals surface area contributed by atoms with E-state index in [1.807, 2.05) is 21.1 Å². The summed E-state index contributed by atoms with van der Waals surface area (Å²) < 4.78 is 34.3. The number of allylic oxidation sites excluding steroid dienone is 10. The van der Waals surface area contributed by atoms with E-state index in [4.69, 9.17) is 18.5 Å². The molecule has 336 valence electrons. The molecule has 0 fully saturated rings. The van der Waals surface area contributed by atoms with Crippen molar-refractivity contribution in [3.05, 3.63) is 60.8 Å². The van der Waals surface area contributed by atoms with Crippen LogP contribution < -0.4 is 0 Å². The van der Waals surface area contributed by atoms with Gasteiger partial charge in [-0.05, 0) is 77.0 Å². The highest BCUT2D eigenvalue weighted by Crippen LogP contribution is 2.43. The molecule has 1 N–H and O–H groups in total. The number of esters is 2. The number of phosphoric acid groups is 1. The van der Waals surface area contributed by atoms with Crippen LogP contribution in [0.15, 0.2) is 60.8 Å².